The number of amides is 1. The Labute approximate surface area is 95.0 Å². The number of carbonyl (C=O) groups excluding carboxylic acids is 1. The van der Waals surface area contributed by atoms with Crippen molar-refractivity contribution in [1.29, 1.82) is 0 Å². The molecule has 86 valence electrons. The van der Waals surface area contributed by atoms with E-state index < -0.39 is 0 Å². The normalized spacial score (nSPS) is 15.9. The van der Waals surface area contributed by atoms with E-state index in [1.54, 1.807) is 23.1 Å². The van der Waals surface area contributed by atoms with Crippen molar-refractivity contribution < 1.29 is 9.53 Å². The number of piperidine rings is 1. The Kier molecular flexibility index (Phi) is 3.29. The summed E-state index contributed by atoms with van der Waals surface area (Å²) in [5.41, 5.74) is 6.20. The highest BCUT2D eigenvalue weighted by molar-refractivity contribution is 5.73. The molecule has 2 N–H and O–H groups in total. The highest BCUT2D eigenvalue weighted by Gasteiger charge is 2.18. The minimum atomic E-state index is -0.294. The van der Waals surface area contributed by atoms with E-state index >= 15 is 0 Å². The lowest BCUT2D eigenvalue weighted by Crippen LogP contribution is -2.37. The van der Waals surface area contributed by atoms with Crippen LogP contribution in [-0.4, -0.2) is 24.1 Å². The molecule has 0 aliphatic carbocycles. The standard InChI is InChI=1S/C12H16N2O2/c13-10-6-2-3-7-11(10)16-12(15)14-8-4-1-5-9-14/h2-3,6-7H,1,4-5,8-9,13H2. The van der Waals surface area contributed by atoms with Gasteiger partial charge in [0.15, 0.2) is 5.75 Å². The molecule has 1 aliphatic rings. The fraction of sp³-hybridized carbons (Fsp3) is 0.417. The fourth-order valence-electron chi connectivity index (χ4n) is 1.81. The van der Waals surface area contributed by atoms with Gasteiger partial charge in [0.1, 0.15) is 0 Å². The van der Waals surface area contributed by atoms with Gasteiger partial charge in [0.25, 0.3) is 0 Å². The Bertz CT molecular complexity index is 373. The number of anilines is 1. The quantitative estimate of drug-likeness (QED) is 0.738. The second-order valence-electron chi connectivity index (χ2n) is 3.95. The summed E-state index contributed by atoms with van der Waals surface area (Å²) in [6.07, 6.45) is 3.01. The summed E-state index contributed by atoms with van der Waals surface area (Å²) in [4.78, 5) is 13.5. The first kappa shape index (κ1) is 10.8. The number of hydrogen-bond acceptors (Lipinski definition) is 3. The lowest BCUT2D eigenvalue weighted by Gasteiger charge is -2.25. The van der Waals surface area contributed by atoms with Gasteiger partial charge < -0.3 is 15.4 Å². The molecule has 1 saturated heterocycles. The van der Waals surface area contributed by atoms with Crippen molar-refractivity contribution in [3.63, 3.8) is 0 Å². The number of nitrogen functional groups attached to an aromatic ring is 1. The molecule has 1 fully saturated rings. The summed E-state index contributed by atoms with van der Waals surface area (Å²) in [5, 5.41) is 0. The van der Waals surface area contributed by atoms with Crippen molar-refractivity contribution in [2.24, 2.45) is 0 Å². The van der Waals surface area contributed by atoms with Crippen LogP contribution in [-0.2, 0) is 0 Å². The summed E-state index contributed by atoms with van der Waals surface area (Å²) in [6.45, 7) is 1.57. The molecule has 4 nitrogen and oxygen atoms in total. The zero-order valence-electron chi connectivity index (χ0n) is 9.19. The van der Waals surface area contributed by atoms with E-state index in [0.717, 1.165) is 25.9 Å². The van der Waals surface area contributed by atoms with Gasteiger partial charge in [-0.3, -0.25) is 0 Å². The van der Waals surface area contributed by atoms with Crippen LogP contribution in [0.15, 0.2) is 24.3 Å². The monoisotopic (exact) mass is 220 g/mol. The molecule has 0 saturated carbocycles. The Morgan fingerprint density at radius 1 is 1.19 bits per heavy atom. The van der Waals surface area contributed by atoms with Crippen molar-refractivity contribution in [1.82, 2.24) is 4.90 Å². The van der Waals surface area contributed by atoms with E-state index in [-0.39, 0.29) is 6.09 Å². The summed E-state index contributed by atoms with van der Waals surface area (Å²) < 4.78 is 5.25. The minimum absolute atomic E-state index is 0.294. The first-order valence-corrected chi connectivity index (χ1v) is 5.58. The van der Waals surface area contributed by atoms with E-state index in [0.29, 0.717) is 11.4 Å². The van der Waals surface area contributed by atoms with Crippen molar-refractivity contribution >= 4 is 11.8 Å². The van der Waals surface area contributed by atoms with Crippen molar-refractivity contribution in [2.75, 3.05) is 18.8 Å². The number of hydrogen-bond donors (Lipinski definition) is 1. The average Bonchev–Trinajstić information content (AvgIpc) is 2.33. The Morgan fingerprint density at radius 3 is 2.56 bits per heavy atom. The second-order valence-corrected chi connectivity index (χ2v) is 3.95. The highest BCUT2D eigenvalue weighted by atomic mass is 16.6. The summed E-state index contributed by atoms with van der Waals surface area (Å²) in [7, 11) is 0. The van der Waals surface area contributed by atoms with Gasteiger partial charge in [0.2, 0.25) is 0 Å². The third-order valence-electron chi connectivity index (χ3n) is 2.73. The fourth-order valence-corrected chi connectivity index (χ4v) is 1.81. The number of para-hydroxylation sites is 2. The van der Waals surface area contributed by atoms with E-state index in [1.165, 1.54) is 6.42 Å². The molecule has 16 heavy (non-hydrogen) atoms. The van der Waals surface area contributed by atoms with Crippen LogP contribution >= 0.6 is 0 Å². The topological polar surface area (TPSA) is 55.6 Å². The van der Waals surface area contributed by atoms with Crippen molar-refractivity contribution in [3.05, 3.63) is 24.3 Å². The molecule has 0 aromatic heterocycles. The molecule has 1 amide bonds. The minimum Gasteiger partial charge on any atom is -0.408 e. The van der Waals surface area contributed by atoms with E-state index in [2.05, 4.69) is 0 Å². The molecule has 4 heteroatoms. The van der Waals surface area contributed by atoms with Crippen molar-refractivity contribution in [2.45, 2.75) is 19.3 Å². The van der Waals surface area contributed by atoms with Gasteiger partial charge >= 0.3 is 6.09 Å². The maximum absolute atomic E-state index is 11.8. The maximum Gasteiger partial charge on any atom is 0.415 e. The van der Waals surface area contributed by atoms with Gasteiger partial charge in [-0.2, -0.15) is 0 Å². The van der Waals surface area contributed by atoms with Crippen LogP contribution in [0.2, 0.25) is 0 Å². The zero-order chi connectivity index (χ0) is 11.4. The van der Waals surface area contributed by atoms with Gasteiger partial charge in [-0.05, 0) is 31.4 Å². The summed E-state index contributed by atoms with van der Waals surface area (Å²) in [6, 6.07) is 7.04. The zero-order valence-corrected chi connectivity index (χ0v) is 9.19. The smallest absolute Gasteiger partial charge is 0.408 e. The first-order chi connectivity index (χ1) is 7.77. The molecule has 0 radical (unpaired) electrons. The number of likely N-dealkylation sites (tertiary alicyclic amines) is 1. The molecule has 1 heterocycles. The summed E-state index contributed by atoms with van der Waals surface area (Å²) in [5.74, 6) is 0.443. The Morgan fingerprint density at radius 2 is 1.88 bits per heavy atom. The first-order valence-electron chi connectivity index (χ1n) is 5.58. The van der Waals surface area contributed by atoms with Crippen LogP contribution in [0.5, 0.6) is 5.75 Å². The number of nitrogens with zero attached hydrogens (tertiary/aromatic N) is 1. The Hall–Kier alpha value is -1.71. The van der Waals surface area contributed by atoms with E-state index in [1.807, 2.05) is 6.07 Å². The molecular formula is C12H16N2O2. The summed E-state index contributed by atoms with van der Waals surface area (Å²) >= 11 is 0. The Balaban J connectivity index is 1.99. The van der Waals surface area contributed by atoms with E-state index in [4.69, 9.17) is 10.5 Å². The van der Waals surface area contributed by atoms with Gasteiger partial charge in [-0.15, -0.1) is 0 Å². The molecule has 1 aliphatic heterocycles. The highest BCUT2D eigenvalue weighted by Crippen LogP contribution is 2.21. The van der Waals surface area contributed by atoms with Gasteiger partial charge in [-0.1, -0.05) is 12.1 Å². The van der Waals surface area contributed by atoms with Crippen LogP contribution < -0.4 is 10.5 Å². The van der Waals surface area contributed by atoms with Crippen LogP contribution in [0.1, 0.15) is 19.3 Å². The molecule has 0 spiro atoms. The van der Waals surface area contributed by atoms with Gasteiger partial charge in [0, 0.05) is 13.1 Å². The molecular weight excluding hydrogens is 204 g/mol. The average molecular weight is 220 g/mol. The van der Waals surface area contributed by atoms with E-state index in [9.17, 15) is 4.79 Å². The third kappa shape index (κ3) is 2.45. The molecule has 1 aromatic carbocycles. The maximum atomic E-state index is 11.8. The third-order valence-corrected chi connectivity index (χ3v) is 2.73. The molecule has 2 rings (SSSR count). The van der Waals surface area contributed by atoms with Crippen LogP contribution in [0, 0.1) is 0 Å². The predicted molar refractivity (Wildman–Crippen MR) is 62.3 cm³/mol. The van der Waals surface area contributed by atoms with Gasteiger partial charge in [0.05, 0.1) is 5.69 Å². The van der Waals surface area contributed by atoms with Crippen LogP contribution in [0.4, 0.5) is 10.5 Å². The second kappa shape index (κ2) is 4.88. The lowest BCUT2D eigenvalue weighted by atomic mass is 10.1. The number of carbonyl (C=O) groups is 1. The van der Waals surface area contributed by atoms with Crippen LogP contribution in [0.25, 0.3) is 0 Å². The number of ether oxygens (including phenoxy) is 1. The molecule has 0 atom stereocenters. The number of nitrogens with two attached hydrogens (primary N) is 1. The number of rotatable bonds is 1. The largest absolute Gasteiger partial charge is 0.415 e. The molecule has 0 bridgehead atoms. The van der Waals surface area contributed by atoms with Gasteiger partial charge in [-0.25, -0.2) is 4.79 Å². The van der Waals surface area contributed by atoms with Crippen molar-refractivity contribution in [3.8, 4) is 5.75 Å². The number of benzene rings is 1. The SMILES string of the molecule is Nc1ccccc1OC(=O)N1CCCCC1. The predicted octanol–water partition coefficient (Wildman–Crippen LogP) is 2.25. The molecule has 0 unspecified atom stereocenters. The van der Waals surface area contributed by atoms with Crippen LogP contribution in [0.3, 0.4) is 0 Å². The molecule has 1 aromatic rings. The lowest BCUT2D eigenvalue weighted by molar-refractivity contribution is 0.143.